The third-order valence-electron chi connectivity index (χ3n) is 4.71. The maximum atomic E-state index is 10.4. The molecule has 1 aliphatic rings. The molecule has 25 heavy (non-hydrogen) atoms. The van der Waals surface area contributed by atoms with Gasteiger partial charge >= 0.3 is 0 Å². The van der Waals surface area contributed by atoms with Gasteiger partial charge in [-0.05, 0) is 35.2 Å². The van der Waals surface area contributed by atoms with E-state index in [1.165, 1.54) is 11.1 Å². The van der Waals surface area contributed by atoms with E-state index in [4.69, 9.17) is 9.47 Å². The van der Waals surface area contributed by atoms with E-state index in [0.29, 0.717) is 19.6 Å². The van der Waals surface area contributed by atoms with Crippen molar-refractivity contribution in [3.05, 3.63) is 59.2 Å². The molecule has 0 radical (unpaired) electrons. The Balaban J connectivity index is 1.68. The van der Waals surface area contributed by atoms with Crippen LogP contribution in [-0.4, -0.2) is 24.9 Å². The molecule has 0 aliphatic heterocycles. The van der Waals surface area contributed by atoms with E-state index in [-0.39, 0.29) is 12.1 Å². The number of aliphatic hydroxyl groups is 1. The Morgan fingerprint density at radius 3 is 2.80 bits per heavy atom. The van der Waals surface area contributed by atoms with Gasteiger partial charge in [-0.2, -0.15) is 0 Å². The van der Waals surface area contributed by atoms with Crippen LogP contribution in [0.1, 0.15) is 42.5 Å². The fourth-order valence-corrected chi connectivity index (χ4v) is 3.32. The first-order chi connectivity index (χ1) is 12.2. The predicted molar refractivity (Wildman–Crippen MR) is 99.1 cm³/mol. The number of hydrogen-bond acceptors (Lipinski definition) is 4. The van der Waals surface area contributed by atoms with Crippen LogP contribution in [0, 0.1) is 0 Å². The summed E-state index contributed by atoms with van der Waals surface area (Å²) in [5.74, 6) is 1.54. The number of rotatable bonds is 8. The largest absolute Gasteiger partial charge is 0.493 e. The molecule has 2 N–H and O–H groups in total. The number of benzene rings is 2. The van der Waals surface area contributed by atoms with Crippen molar-refractivity contribution in [1.29, 1.82) is 0 Å². The number of fused-ring (bicyclic) bond motifs is 1. The zero-order valence-corrected chi connectivity index (χ0v) is 15.0. The van der Waals surface area contributed by atoms with Gasteiger partial charge in [0.2, 0.25) is 0 Å². The van der Waals surface area contributed by atoms with Crippen LogP contribution in [0.2, 0.25) is 0 Å². The Hall–Kier alpha value is -2.04. The van der Waals surface area contributed by atoms with E-state index in [9.17, 15) is 5.11 Å². The summed E-state index contributed by atoms with van der Waals surface area (Å²) >= 11 is 0. The van der Waals surface area contributed by atoms with Gasteiger partial charge in [-0.15, -0.1) is 0 Å². The topological polar surface area (TPSA) is 50.7 Å². The molecule has 0 bridgehead atoms. The molecule has 0 heterocycles. The highest BCUT2D eigenvalue weighted by atomic mass is 16.5. The summed E-state index contributed by atoms with van der Waals surface area (Å²) in [6.45, 7) is 3.51. The van der Waals surface area contributed by atoms with Gasteiger partial charge in [0.05, 0.1) is 25.9 Å². The van der Waals surface area contributed by atoms with Crippen molar-refractivity contribution in [1.82, 2.24) is 5.32 Å². The molecule has 0 amide bonds. The lowest BCUT2D eigenvalue weighted by molar-refractivity contribution is 0.140. The van der Waals surface area contributed by atoms with Crippen molar-refractivity contribution in [2.75, 3.05) is 13.7 Å². The standard InChI is InChI=1S/C21H27NO3/c1-3-4-11-25-20-12-15(9-10-19(20)24-2)14-22-21-17-8-6-5-7-16(17)13-18(21)23/h5-10,12,18,21-23H,3-4,11,13-14H2,1-2H3/t18-,21+/m0/s1. The summed E-state index contributed by atoms with van der Waals surface area (Å²) in [5.41, 5.74) is 3.54. The predicted octanol–water partition coefficient (Wildman–Crippen LogP) is 3.62. The van der Waals surface area contributed by atoms with Crippen molar-refractivity contribution in [3.8, 4) is 11.5 Å². The van der Waals surface area contributed by atoms with Crippen molar-refractivity contribution < 1.29 is 14.6 Å². The smallest absolute Gasteiger partial charge is 0.161 e. The quantitative estimate of drug-likeness (QED) is 0.720. The Morgan fingerprint density at radius 2 is 2.00 bits per heavy atom. The molecule has 4 nitrogen and oxygen atoms in total. The zero-order chi connectivity index (χ0) is 17.6. The summed E-state index contributed by atoms with van der Waals surface area (Å²) in [7, 11) is 1.66. The number of nitrogens with one attached hydrogen (secondary N) is 1. The molecule has 3 rings (SSSR count). The molecule has 2 aromatic rings. The van der Waals surface area contributed by atoms with Crippen LogP contribution < -0.4 is 14.8 Å². The van der Waals surface area contributed by atoms with Crippen molar-refractivity contribution in [2.45, 2.75) is 44.9 Å². The van der Waals surface area contributed by atoms with Crippen LogP contribution in [0.5, 0.6) is 11.5 Å². The summed E-state index contributed by atoms with van der Waals surface area (Å²) in [4.78, 5) is 0. The molecule has 0 fully saturated rings. The molecule has 4 heteroatoms. The van der Waals surface area contributed by atoms with Gasteiger partial charge in [-0.3, -0.25) is 0 Å². The van der Waals surface area contributed by atoms with E-state index in [1.54, 1.807) is 7.11 Å². The van der Waals surface area contributed by atoms with E-state index in [2.05, 4.69) is 24.4 Å². The highest BCUT2D eigenvalue weighted by Gasteiger charge is 2.30. The van der Waals surface area contributed by atoms with E-state index in [0.717, 1.165) is 29.9 Å². The first-order valence-corrected chi connectivity index (χ1v) is 9.02. The lowest BCUT2D eigenvalue weighted by Gasteiger charge is -2.19. The van der Waals surface area contributed by atoms with Crippen molar-refractivity contribution in [3.63, 3.8) is 0 Å². The Bertz CT molecular complexity index is 701. The number of ether oxygens (including phenoxy) is 2. The van der Waals surface area contributed by atoms with Gasteiger partial charge in [0.15, 0.2) is 11.5 Å². The van der Waals surface area contributed by atoms with Crippen molar-refractivity contribution in [2.24, 2.45) is 0 Å². The first-order valence-electron chi connectivity index (χ1n) is 9.02. The van der Waals surface area contributed by atoms with Gasteiger partial charge in [0.25, 0.3) is 0 Å². The van der Waals surface area contributed by atoms with E-state index in [1.807, 2.05) is 30.3 Å². The highest BCUT2D eigenvalue weighted by Crippen LogP contribution is 2.32. The SMILES string of the molecule is CCCCOc1cc(CN[C@@H]2c3ccccc3C[C@@H]2O)ccc1OC. The van der Waals surface area contributed by atoms with Crippen LogP contribution >= 0.6 is 0 Å². The Morgan fingerprint density at radius 1 is 1.16 bits per heavy atom. The second-order valence-electron chi connectivity index (χ2n) is 6.52. The summed E-state index contributed by atoms with van der Waals surface area (Å²) in [6.07, 6.45) is 2.46. The molecule has 0 saturated carbocycles. The van der Waals surface area contributed by atoms with Crippen LogP contribution in [0.15, 0.2) is 42.5 Å². The average Bonchev–Trinajstić information content (AvgIpc) is 2.95. The van der Waals surface area contributed by atoms with Crippen LogP contribution in [0.3, 0.4) is 0 Å². The first kappa shape index (κ1) is 17.8. The monoisotopic (exact) mass is 341 g/mol. The number of hydrogen-bond donors (Lipinski definition) is 2. The normalized spacial score (nSPS) is 18.8. The second-order valence-corrected chi connectivity index (χ2v) is 6.52. The molecule has 1 aliphatic carbocycles. The third-order valence-corrected chi connectivity index (χ3v) is 4.71. The van der Waals surface area contributed by atoms with Crippen LogP contribution in [-0.2, 0) is 13.0 Å². The van der Waals surface area contributed by atoms with Gasteiger partial charge in [0, 0.05) is 13.0 Å². The highest BCUT2D eigenvalue weighted by molar-refractivity contribution is 5.43. The molecular formula is C21H27NO3. The van der Waals surface area contributed by atoms with Gasteiger partial charge in [0.1, 0.15) is 0 Å². The second kappa shape index (κ2) is 8.37. The van der Waals surface area contributed by atoms with E-state index >= 15 is 0 Å². The van der Waals surface area contributed by atoms with Crippen LogP contribution in [0.4, 0.5) is 0 Å². The van der Waals surface area contributed by atoms with Gasteiger partial charge in [-0.25, -0.2) is 0 Å². The number of unbranched alkanes of at least 4 members (excludes halogenated alkanes) is 1. The minimum Gasteiger partial charge on any atom is -0.493 e. The lowest BCUT2D eigenvalue weighted by atomic mass is 10.1. The summed E-state index contributed by atoms with van der Waals surface area (Å²) < 4.78 is 11.2. The molecular weight excluding hydrogens is 314 g/mol. The third kappa shape index (κ3) is 4.14. The summed E-state index contributed by atoms with van der Waals surface area (Å²) in [6, 6.07) is 14.2. The number of aliphatic hydroxyl groups excluding tert-OH is 1. The maximum absolute atomic E-state index is 10.4. The molecule has 2 aromatic carbocycles. The van der Waals surface area contributed by atoms with E-state index < -0.39 is 0 Å². The molecule has 2 atom stereocenters. The average molecular weight is 341 g/mol. The van der Waals surface area contributed by atoms with Crippen molar-refractivity contribution >= 4 is 0 Å². The number of methoxy groups -OCH3 is 1. The Kier molecular flexibility index (Phi) is 5.95. The molecule has 0 spiro atoms. The molecule has 0 saturated heterocycles. The maximum Gasteiger partial charge on any atom is 0.161 e. The minimum atomic E-state index is -0.379. The molecule has 0 aromatic heterocycles. The zero-order valence-electron chi connectivity index (χ0n) is 15.0. The lowest BCUT2D eigenvalue weighted by Crippen LogP contribution is -2.28. The van der Waals surface area contributed by atoms with Gasteiger partial charge in [-0.1, -0.05) is 43.7 Å². The molecule has 134 valence electrons. The fourth-order valence-electron chi connectivity index (χ4n) is 3.32. The minimum absolute atomic E-state index is 0.0252. The molecule has 0 unspecified atom stereocenters. The fraction of sp³-hybridized carbons (Fsp3) is 0.429. The van der Waals surface area contributed by atoms with Crippen LogP contribution in [0.25, 0.3) is 0 Å². The Labute approximate surface area is 149 Å². The summed E-state index contributed by atoms with van der Waals surface area (Å²) in [5, 5.41) is 13.9. The van der Waals surface area contributed by atoms with Gasteiger partial charge < -0.3 is 19.9 Å².